The molecular weight excluding hydrogens is 262 g/mol. The zero-order valence-corrected chi connectivity index (χ0v) is 12.4. The Morgan fingerprint density at radius 1 is 1.37 bits per heavy atom. The highest BCUT2D eigenvalue weighted by atomic mass is 32.1. The molecule has 0 spiro atoms. The molecule has 0 saturated heterocycles. The quantitative estimate of drug-likeness (QED) is 0.529. The van der Waals surface area contributed by atoms with Crippen LogP contribution >= 0.6 is 11.3 Å². The van der Waals surface area contributed by atoms with Crippen molar-refractivity contribution in [2.45, 2.75) is 33.6 Å². The zero-order chi connectivity index (χ0) is 14.6. The number of primary amides is 1. The fourth-order valence-corrected chi connectivity index (χ4v) is 2.88. The van der Waals surface area contributed by atoms with Gasteiger partial charge >= 0.3 is 0 Å². The lowest BCUT2D eigenvalue weighted by Crippen LogP contribution is -2.16. The number of unbranched alkanes of at least 4 members (excludes halogenated alkanes) is 1. The number of nitrogen functional groups attached to an aromatic ring is 1. The van der Waals surface area contributed by atoms with Crippen molar-refractivity contribution >= 4 is 33.7 Å². The van der Waals surface area contributed by atoms with Crippen molar-refractivity contribution in [1.82, 2.24) is 0 Å². The summed E-state index contributed by atoms with van der Waals surface area (Å²) in [5.41, 5.74) is 11.7. The molecule has 0 aromatic carbocycles. The van der Waals surface area contributed by atoms with E-state index in [1.54, 1.807) is 13.8 Å². The molecule has 0 radical (unpaired) electrons. The average molecular weight is 283 g/mol. The summed E-state index contributed by atoms with van der Waals surface area (Å²) >= 11 is 1.21. The Bertz CT molecular complexity index is 480. The topological polar surface area (TPSA) is 98.2 Å². The molecule has 0 aliphatic heterocycles. The molecule has 1 amide bonds. The molecule has 1 aromatic rings. The lowest BCUT2D eigenvalue weighted by molar-refractivity contribution is 0.0944. The van der Waals surface area contributed by atoms with E-state index in [-0.39, 0.29) is 23.0 Å². The number of amides is 1. The van der Waals surface area contributed by atoms with Crippen molar-refractivity contribution in [3.63, 3.8) is 0 Å². The van der Waals surface area contributed by atoms with E-state index < -0.39 is 5.91 Å². The summed E-state index contributed by atoms with van der Waals surface area (Å²) in [6, 6.07) is 0. The van der Waals surface area contributed by atoms with Crippen LogP contribution < -0.4 is 16.8 Å². The van der Waals surface area contributed by atoms with Gasteiger partial charge in [0.05, 0.1) is 16.1 Å². The minimum atomic E-state index is -0.601. The number of nitrogens with one attached hydrogen (secondary N) is 1. The summed E-state index contributed by atoms with van der Waals surface area (Å²) in [5, 5.41) is 3.74. The molecule has 0 fully saturated rings. The third-order valence-corrected chi connectivity index (χ3v) is 3.93. The second kappa shape index (κ2) is 6.56. The van der Waals surface area contributed by atoms with Gasteiger partial charge in [-0.05, 0) is 6.42 Å². The van der Waals surface area contributed by atoms with Crippen LogP contribution in [0.3, 0.4) is 0 Å². The van der Waals surface area contributed by atoms with Crippen LogP contribution in [0.5, 0.6) is 0 Å². The van der Waals surface area contributed by atoms with Crippen molar-refractivity contribution in [1.29, 1.82) is 0 Å². The minimum absolute atomic E-state index is 0.0615. The van der Waals surface area contributed by atoms with Gasteiger partial charge in [0.1, 0.15) is 5.00 Å². The van der Waals surface area contributed by atoms with Gasteiger partial charge in [-0.2, -0.15) is 0 Å². The number of rotatable bonds is 7. The van der Waals surface area contributed by atoms with Crippen LogP contribution in [0.1, 0.15) is 53.6 Å². The number of ketones is 1. The van der Waals surface area contributed by atoms with Crippen LogP contribution in [0, 0.1) is 5.92 Å². The molecule has 106 valence electrons. The Hall–Kier alpha value is -1.56. The monoisotopic (exact) mass is 283 g/mol. The Morgan fingerprint density at radius 2 is 2.00 bits per heavy atom. The van der Waals surface area contributed by atoms with Gasteiger partial charge < -0.3 is 16.8 Å². The molecule has 5 N–H and O–H groups in total. The normalized spacial score (nSPS) is 10.7. The van der Waals surface area contributed by atoms with Gasteiger partial charge in [-0.15, -0.1) is 11.3 Å². The number of Topliss-reactive ketones (excluding diaryl/α,β-unsaturated/α-hetero) is 1. The molecule has 1 heterocycles. The van der Waals surface area contributed by atoms with Crippen LogP contribution in [-0.2, 0) is 0 Å². The minimum Gasteiger partial charge on any atom is -0.397 e. The van der Waals surface area contributed by atoms with Crippen molar-refractivity contribution < 1.29 is 9.59 Å². The maximum absolute atomic E-state index is 12.0. The van der Waals surface area contributed by atoms with Crippen molar-refractivity contribution in [2.24, 2.45) is 11.7 Å². The van der Waals surface area contributed by atoms with Crippen LogP contribution in [-0.4, -0.2) is 18.2 Å². The molecule has 5 nitrogen and oxygen atoms in total. The van der Waals surface area contributed by atoms with Gasteiger partial charge in [0.2, 0.25) is 0 Å². The number of hydrogen-bond donors (Lipinski definition) is 3. The first-order chi connectivity index (χ1) is 8.90. The van der Waals surface area contributed by atoms with Crippen LogP contribution in [0.15, 0.2) is 0 Å². The number of thiophene rings is 1. The molecule has 0 aliphatic carbocycles. The summed E-state index contributed by atoms with van der Waals surface area (Å²) in [4.78, 5) is 23.9. The van der Waals surface area contributed by atoms with Gasteiger partial charge in [0.15, 0.2) is 5.78 Å². The number of carbonyl (C=O) groups is 2. The third-order valence-electron chi connectivity index (χ3n) is 2.76. The fraction of sp³-hybridized carbons (Fsp3) is 0.538. The maximum atomic E-state index is 12.0. The molecule has 6 heteroatoms. The highest BCUT2D eigenvalue weighted by molar-refractivity contribution is 7.19. The zero-order valence-electron chi connectivity index (χ0n) is 11.6. The summed E-state index contributed by atoms with van der Waals surface area (Å²) < 4.78 is 0. The highest BCUT2D eigenvalue weighted by Crippen LogP contribution is 2.36. The van der Waals surface area contributed by atoms with E-state index in [4.69, 9.17) is 11.5 Å². The van der Waals surface area contributed by atoms with Crippen LogP contribution in [0.25, 0.3) is 0 Å². The predicted molar refractivity (Wildman–Crippen MR) is 79.8 cm³/mol. The molecule has 0 saturated carbocycles. The third kappa shape index (κ3) is 3.47. The van der Waals surface area contributed by atoms with E-state index in [2.05, 4.69) is 12.2 Å². The Kier molecular flexibility index (Phi) is 5.35. The van der Waals surface area contributed by atoms with Crippen molar-refractivity contribution in [2.75, 3.05) is 17.6 Å². The Labute approximate surface area is 117 Å². The molecule has 0 aliphatic rings. The smallest absolute Gasteiger partial charge is 0.253 e. The largest absolute Gasteiger partial charge is 0.397 e. The van der Waals surface area contributed by atoms with E-state index in [0.29, 0.717) is 9.88 Å². The number of anilines is 2. The van der Waals surface area contributed by atoms with E-state index >= 15 is 0 Å². The second-order valence-corrected chi connectivity index (χ2v) is 5.73. The number of nitrogens with two attached hydrogens (primary N) is 2. The Balaban J connectivity index is 3.12. The summed E-state index contributed by atoms with van der Waals surface area (Å²) in [5.74, 6) is -0.825. The first-order valence-electron chi connectivity index (χ1n) is 6.40. The molecule has 0 atom stereocenters. The van der Waals surface area contributed by atoms with E-state index in [0.717, 1.165) is 19.4 Å². The molecule has 19 heavy (non-hydrogen) atoms. The first-order valence-corrected chi connectivity index (χ1v) is 7.21. The lowest BCUT2D eigenvalue weighted by atomic mass is 10.1. The summed E-state index contributed by atoms with van der Waals surface area (Å²) in [6.45, 7) is 6.41. The molecule has 0 bridgehead atoms. The lowest BCUT2D eigenvalue weighted by Gasteiger charge is -2.04. The van der Waals surface area contributed by atoms with Crippen LogP contribution in [0.2, 0.25) is 0 Å². The van der Waals surface area contributed by atoms with Crippen molar-refractivity contribution in [3.8, 4) is 0 Å². The average Bonchev–Trinajstić information content (AvgIpc) is 2.65. The fourth-order valence-electron chi connectivity index (χ4n) is 1.64. The summed E-state index contributed by atoms with van der Waals surface area (Å²) in [6.07, 6.45) is 2.01. The van der Waals surface area contributed by atoms with E-state index in [1.165, 1.54) is 11.3 Å². The van der Waals surface area contributed by atoms with Gasteiger partial charge in [0, 0.05) is 12.5 Å². The van der Waals surface area contributed by atoms with Gasteiger partial charge in [-0.3, -0.25) is 9.59 Å². The second-order valence-electron chi connectivity index (χ2n) is 4.71. The van der Waals surface area contributed by atoms with Gasteiger partial charge in [-0.25, -0.2) is 0 Å². The molecule has 1 aromatic heterocycles. The van der Waals surface area contributed by atoms with Gasteiger partial charge in [-0.1, -0.05) is 27.2 Å². The first kappa shape index (κ1) is 15.5. The maximum Gasteiger partial charge on any atom is 0.253 e. The van der Waals surface area contributed by atoms with E-state index in [9.17, 15) is 9.59 Å². The predicted octanol–water partition coefficient (Wildman–Crippen LogP) is 2.48. The van der Waals surface area contributed by atoms with Crippen molar-refractivity contribution in [3.05, 3.63) is 10.4 Å². The van der Waals surface area contributed by atoms with Crippen LogP contribution in [0.4, 0.5) is 10.7 Å². The SMILES string of the molecule is CCCCNc1sc(C(=O)C(C)C)c(N)c1C(N)=O. The molecule has 1 rings (SSSR count). The molecule has 0 unspecified atom stereocenters. The van der Waals surface area contributed by atoms with Gasteiger partial charge in [0.25, 0.3) is 5.91 Å². The number of hydrogen-bond acceptors (Lipinski definition) is 5. The Morgan fingerprint density at radius 3 is 2.47 bits per heavy atom. The molecular formula is C13H21N3O2S. The standard InChI is InChI=1S/C13H21N3O2S/c1-4-5-6-16-13-8(12(15)18)9(14)11(19-13)10(17)7(2)3/h7,16H,4-6,14H2,1-3H3,(H2,15,18). The van der Waals surface area contributed by atoms with E-state index in [1.807, 2.05) is 0 Å². The highest BCUT2D eigenvalue weighted by Gasteiger charge is 2.25. The number of carbonyl (C=O) groups excluding carboxylic acids is 2. The summed E-state index contributed by atoms with van der Waals surface area (Å²) in [7, 11) is 0.